The van der Waals surface area contributed by atoms with Crippen LogP contribution in [-0.2, 0) is 20.1 Å². The average Bonchev–Trinajstić information content (AvgIpc) is 3.28. The molecule has 1 saturated heterocycles. The van der Waals surface area contributed by atoms with Gasteiger partial charge in [0.05, 0.1) is 24.6 Å². The first-order valence-electron chi connectivity index (χ1n) is 12.2. The molecule has 1 aliphatic heterocycles. The van der Waals surface area contributed by atoms with Gasteiger partial charge in [-0.2, -0.15) is 4.98 Å². The van der Waals surface area contributed by atoms with Crippen LogP contribution in [0.2, 0.25) is 0 Å². The van der Waals surface area contributed by atoms with Gasteiger partial charge in [0.2, 0.25) is 5.95 Å². The number of aromatic nitrogens is 6. The van der Waals surface area contributed by atoms with Crippen molar-refractivity contribution in [3.05, 3.63) is 56.6 Å². The summed E-state index contributed by atoms with van der Waals surface area (Å²) in [6, 6.07) is 7.53. The van der Waals surface area contributed by atoms with E-state index in [4.69, 9.17) is 11.7 Å². The summed E-state index contributed by atoms with van der Waals surface area (Å²) >= 11 is 0. The van der Waals surface area contributed by atoms with Crippen molar-refractivity contribution in [2.24, 2.45) is 18.7 Å². The molecule has 12 heteroatoms. The van der Waals surface area contributed by atoms with Gasteiger partial charge in [-0.3, -0.25) is 29.3 Å². The van der Waals surface area contributed by atoms with E-state index in [9.17, 15) is 9.59 Å². The fourth-order valence-corrected chi connectivity index (χ4v) is 4.89. The van der Waals surface area contributed by atoms with Gasteiger partial charge in [0, 0.05) is 31.2 Å². The van der Waals surface area contributed by atoms with Crippen molar-refractivity contribution in [1.29, 1.82) is 0 Å². The number of para-hydroxylation sites is 1. The van der Waals surface area contributed by atoms with E-state index in [1.807, 2.05) is 31.2 Å². The van der Waals surface area contributed by atoms with Crippen LogP contribution in [0.4, 0.5) is 5.95 Å². The first-order chi connectivity index (χ1) is 17.8. The van der Waals surface area contributed by atoms with Gasteiger partial charge in [0.1, 0.15) is 5.82 Å². The summed E-state index contributed by atoms with van der Waals surface area (Å²) in [6.07, 6.45) is 1.72. The lowest BCUT2D eigenvalue weighted by Gasteiger charge is -2.35. The Hall–Kier alpha value is -4.05. The number of aryl methyl sites for hydroxylation is 2. The van der Waals surface area contributed by atoms with Crippen molar-refractivity contribution in [3.8, 4) is 11.8 Å². The van der Waals surface area contributed by atoms with Crippen LogP contribution < -0.4 is 27.9 Å². The molecular weight excluding hydrogens is 472 g/mol. The number of benzene rings is 1. The van der Waals surface area contributed by atoms with Gasteiger partial charge in [-0.25, -0.2) is 25.6 Å². The molecule has 0 saturated carbocycles. The topological polar surface area (TPSA) is 146 Å². The summed E-state index contributed by atoms with van der Waals surface area (Å²) in [5, 5.41) is 4.19. The number of hydrogen-bond donors (Lipinski definition) is 2. The molecule has 192 valence electrons. The third kappa shape index (κ3) is 4.37. The Balaban J connectivity index is 1.66. The number of piperidine rings is 1. The molecule has 0 aliphatic carbocycles. The Labute approximate surface area is 213 Å². The third-order valence-corrected chi connectivity index (χ3v) is 6.82. The molecule has 4 heterocycles. The molecule has 12 nitrogen and oxygen atoms in total. The van der Waals surface area contributed by atoms with Crippen LogP contribution in [0.15, 0.2) is 33.9 Å². The molecule has 1 fully saturated rings. The Kier molecular flexibility index (Phi) is 6.51. The summed E-state index contributed by atoms with van der Waals surface area (Å²) in [5.74, 6) is 19.2. The maximum Gasteiger partial charge on any atom is 0.332 e. The van der Waals surface area contributed by atoms with Gasteiger partial charge >= 0.3 is 5.69 Å². The molecular formula is C25H30N10O2. The van der Waals surface area contributed by atoms with Crippen molar-refractivity contribution >= 4 is 28.0 Å². The zero-order valence-corrected chi connectivity index (χ0v) is 21.2. The normalized spacial score (nSPS) is 16.2. The van der Waals surface area contributed by atoms with Gasteiger partial charge in [-0.1, -0.05) is 24.1 Å². The number of hydrazine groups is 2. The third-order valence-electron chi connectivity index (χ3n) is 6.82. The minimum absolute atomic E-state index is 0.0792. The number of rotatable bonds is 5. The van der Waals surface area contributed by atoms with Gasteiger partial charge in [-0.15, -0.1) is 5.92 Å². The Morgan fingerprint density at radius 1 is 1.16 bits per heavy atom. The minimum atomic E-state index is -0.515. The largest absolute Gasteiger partial charge is 0.332 e. The minimum Gasteiger partial charge on any atom is -0.291 e. The molecule has 5 rings (SSSR count). The van der Waals surface area contributed by atoms with Crippen LogP contribution in [-0.4, -0.2) is 52.8 Å². The summed E-state index contributed by atoms with van der Waals surface area (Å²) in [5.41, 5.74) is 0.999. The SMILES string of the molecule is CC#CCn1c(N(N)[C@@H]2CCCN(N)C2)nc2c1c(=O)n(Cc1nc(C)c3ccccc3n1)c(=O)n2C. The molecule has 4 N–H and O–H groups in total. The highest BCUT2D eigenvalue weighted by molar-refractivity contribution is 5.80. The van der Waals surface area contributed by atoms with Crippen molar-refractivity contribution in [1.82, 2.24) is 33.7 Å². The summed E-state index contributed by atoms with van der Waals surface area (Å²) in [7, 11) is 1.59. The van der Waals surface area contributed by atoms with Crippen LogP contribution in [0.25, 0.3) is 22.1 Å². The van der Waals surface area contributed by atoms with Crippen molar-refractivity contribution in [3.63, 3.8) is 0 Å². The second-order valence-corrected chi connectivity index (χ2v) is 9.27. The lowest BCUT2D eigenvalue weighted by atomic mass is 10.1. The molecule has 1 atom stereocenters. The van der Waals surface area contributed by atoms with Crippen LogP contribution >= 0.6 is 0 Å². The van der Waals surface area contributed by atoms with Crippen LogP contribution in [0.3, 0.4) is 0 Å². The zero-order valence-electron chi connectivity index (χ0n) is 21.2. The highest BCUT2D eigenvalue weighted by Crippen LogP contribution is 2.22. The highest BCUT2D eigenvalue weighted by atomic mass is 16.2. The molecule has 1 aromatic carbocycles. The molecule has 0 amide bonds. The van der Waals surface area contributed by atoms with Gasteiger partial charge < -0.3 is 0 Å². The van der Waals surface area contributed by atoms with E-state index in [0.717, 1.165) is 40.6 Å². The van der Waals surface area contributed by atoms with E-state index >= 15 is 0 Å². The number of anilines is 1. The predicted octanol–water partition coefficient (Wildman–Crippen LogP) is 0.238. The highest BCUT2D eigenvalue weighted by Gasteiger charge is 2.28. The summed E-state index contributed by atoms with van der Waals surface area (Å²) in [4.78, 5) is 40.9. The van der Waals surface area contributed by atoms with Crippen molar-refractivity contribution < 1.29 is 0 Å². The number of hydrogen-bond acceptors (Lipinski definition) is 9. The summed E-state index contributed by atoms with van der Waals surface area (Å²) in [6.45, 7) is 5.06. The molecule has 0 spiro atoms. The van der Waals surface area contributed by atoms with Crippen LogP contribution in [0.5, 0.6) is 0 Å². The number of imidazole rings is 1. The predicted molar refractivity (Wildman–Crippen MR) is 142 cm³/mol. The Morgan fingerprint density at radius 2 is 1.95 bits per heavy atom. The van der Waals surface area contributed by atoms with E-state index in [0.29, 0.717) is 18.3 Å². The first kappa shape index (κ1) is 24.6. The van der Waals surface area contributed by atoms with E-state index in [1.54, 1.807) is 28.6 Å². The number of fused-ring (bicyclic) bond motifs is 2. The molecule has 37 heavy (non-hydrogen) atoms. The van der Waals surface area contributed by atoms with Crippen molar-refractivity contribution in [2.45, 2.75) is 45.8 Å². The van der Waals surface area contributed by atoms with E-state index in [1.165, 1.54) is 4.57 Å². The molecule has 3 aromatic heterocycles. The molecule has 1 aliphatic rings. The van der Waals surface area contributed by atoms with Crippen molar-refractivity contribution in [2.75, 3.05) is 18.1 Å². The van der Waals surface area contributed by atoms with Gasteiger partial charge in [0.25, 0.3) is 5.56 Å². The lowest BCUT2D eigenvalue weighted by Crippen LogP contribution is -2.54. The molecule has 0 unspecified atom stereocenters. The first-order valence-corrected chi connectivity index (χ1v) is 12.2. The number of nitrogens with zero attached hydrogens (tertiary/aromatic N) is 8. The average molecular weight is 503 g/mol. The fourth-order valence-electron chi connectivity index (χ4n) is 4.89. The second kappa shape index (κ2) is 9.78. The maximum absolute atomic E-state index is 13.8. The second-order valence-electron chi connectivity index (χ2n) is 9.27. The molecule has 0 radical (unpaired) electrons. The standard InChI is InChI=1S/C25H30N10O2/c1-4-5-13-33-21-22(30-24(33)35(27)17-9-8-12-32(26)14-17)31(3)25(37)34(23(21)36)15-20-28-16(2)18-10-6-7-11-19(18)29-20/h6-7,10-11,17H,8-9,12-15,26-27H2,1-3H3/t17-/m1/s1. The van der Waals surface area contributed by atoms with E-state index in [2.05, 4.69) is 26.8 Å². The van der Waals surface area contributed by atoms with E-state index < -0.39 is 11.2 Å². The van der Waals surface area contributed by atoms with Crippen LogP contribution in [0, 0.1) is 18.8 Å². The fraction of sp³-hybridized carbons (Fsp3) is 0.400. The van der Waals surface area contributed by atoms with Gasteiger partial charge in [0.15, 0.2) is 11.2 Å². The summed E-state index contributed by atoms with van der Waals surface area (Å²) < 4.78 is 4.16. The number of nitrogens with two attached hydrogens (primary N) is 2. The smallest absolute Gasteiger partial charge is 0.291 e. The quantitative estimate of drug-likeness (QED) is 0.222. The monoisotopic (exact) mass is 502 g/mol. The van der Waals surface area contributed by atoms with Crippen LogP contribution in [0.1, 0.15) is 31.3 Å². The van der Waals surface area contributed by atoms with Gasteiger partial charge in [-0.05, 0) is 32.8 Å². The molecule has 4 aromatic rings. The zero-order chi connectivity index (χ0) is 26.3. The maximum atomic E-state index is 13.8. The Morgan fingerprint density at radius 3 is 2.70 bits per heavy atom. The lowest BCUT2D eigenvalue weighted by molar-refractivity contribution is 0.207. The molecule has 0 bridgehead atoms. The van der Waals surface area contributed by atoms with E-state index in [-0.39, 0.29) is 30.3 Å². The Bertz CT molecular complexity index is 1670.